The van der Waals surface area contributed by atoms with E-state index in [2.05, 4.69) is 31.6 Å². The van der Waals surface area contributed by atoms with Gasteiger partial charge in [-0.3, -0.25) is 47.5 Å². The second-order valence-electron chi connectivity index (χ2n) is 14.9. The van der Waals surface area contributed by atoms with Crippen LogP contribution in [0.5, 0.6) is 0 Å². The van der Waals surface area contributed by atoms with Crippen LogP contribution >= 0.6 is 0 Å². The Morgan fingerprint density at radius 2 is 0.746 bits per heavy atom. The Hall–Kier alpha value is -5.77. The Labute approximate surface area is 365 Å². The van der Waals surface area contributed by atoms with Crippen LogP contribution in [0.3, 0.4) is 0 Å². The van der Waals surface area contributed by atoms with Crippen LogP contribution in [-0.2, 0) is 58.3 Å². The highest BCUT2D eigenvalue weighted by molar-refractivity contribution is 7.79. The Kier molecular flexibility index (Phi) is 27.4. The van der Waals surface area contributed by atoms with Crippen molar-refractivity contribution in [3.05, 3.63) is 0 Å². The molecule has 362 valence electrons. The van der Waals surface area contributed by atoms with Crippen LogP contribution in [0.4, 0.5) is 0 Å². The maximum absolute atomic E-state index is 10.8. The van der Waals surface area contributed by atoms with E-state index < -0.39 is 69.6 Å². The Bertz CT molecular complexity index is 1740. The minimum Gasteiger partial charge on any atom is -0.542 e. The minimum atomic E-state index is -4.67. The lowest BCUT2D eigenvalue weighted by Crippen LogP contribution is -2.41. The predicted octanol–water partition coefficient (Wildman–Crippen LogP) is -4.47. The molecule has 4 aliphatic heterocycles. The number of aliphatic carboxylic acids is 2. The zero-order valence-corrected chi connectivity index (χ0v) is 37.7. The van der Waals surface area contributed by atoms with Crippen molar-refractivity contribution in [2.24, 2.45) is 57.3 Å². The lowest BCUT2D eigenvalue weighted by molar-refractivity contribution is -0.301. The molecule has 0 bridgehead atoms. The fraction of sp³-hybridized carbons (Fsp3) is 0.667. The molecule has 0 radical (unpaired) electrons. The zero-order chi connectivity index (χ0) is 50.6. The molecule has 12 unspecified atom stereocenters. The monoisotopic (exact) mass is 927 g/mol. The number of hydrogen-bond donors (Lipinski definition) is 10. The fourth-order valence-electron chi connectivity index (χ4n) is 4.49. The molecular weight excluding hydrogens is 865 g/mol. The molecule has 4 saturated heterocycles. The number of oxime groups is 2. The lowest BCUT2D eigenvalue weighted by atomic mass is 10.00. The third kappa shape index (κ3) is 22.2. The van der Waals surface area contributed by atoms with Gasteiger partial charge in [-0.05, 0) is 41.5 Å². The van der Waals surface area contributed by atoms with Crippen LogP contribution in [0.2, 0.25) is 0 Å². The molecule has 0 aromatic heterocycles. The van der Waals surface area contributed by atoms with Crippen molar-refractivity contribution in [3.8, 4) is 0 Å². The SMILES string of the molecule is CC(N)C(C)C(=O)C(=O)[O-].CC(N)C(C)C(=O)C(=O)[O-].CC1NC(=O)C(=NO)C1C.CC1NC(=O)C(=NO)C1C.CC1NC(=O)C(=O)C1C.CC1NC(=O)C(=O)C1C.O=S(=O)(O)O.[2HH]. The van der Waals surface area contributed by atoms with Crippen molar-refractivity contribution in [2.45, 2.75) is 119 Å². The smallest absolute Gasteiger partial charge is 0.394 e. The van der Waals surface area contributed by atoms with E-state index in [1.807, 2.05) is 41.5 Å². The van der Waals surface area contributed by atoms with E-state index in [0.29, 0.717) is 0 Å². The average molecular weight is 928 g/mol. The van der Waals surface area contributed by atoms with Crippen LogP contribution in [0.25, 0.3) is 0 Å². The van der Waals surface area contributed by atoms with Crippen molar-refractivity contribution in [1.82, 2.24) is 21.3 Å². The van der Waals surface area contributed by atoms with Gasteiger partial charge in [0, 0.05) is 73.2 Å². The number of rotatable bonds is 6. The Morgan fingerprint density at radius 1 is 0.540 bits per heavy atom. The molecule has 0 saturated carbocycles. The van der Waals surface area contributed by atoms with Gasteiger partial charge in [0.1, 0.15) is 23.4 Å². The summed E-state index contributed by atoms with van der Waals surface area (Å²) in [5.41, 5.74) is 11.0. The average Bonchev–Trinajstić information content (AvgIpc) is 3.75. The van der Waals surface area contributed by atoms with Gasteiger partial charge in [-0.15, -0.1) is 0 Å². The summed E-state index contributed by atoms with van der Waals surface area (Å²) in [5.74, 6) is -8.75. The second kappa shape index (κ2) is 28.0. The maximum Gasteiger partial charge on any atom is 0.394 e. The number of nitrogens with two attached hydrogens (primary N) is 2. The van der Waals surface area contributed by atoms with Gasteiger partial charge in [-0.25, -0.2) is 0 Å². The summed E-state index contributed by atoms with van der Waals surface area (Å²) in [6.07, 6.45) is 0. The number of carboxylic acids is 2. The van der Waals surface area contributed by atoms with Crippen LogP contribution in [0.15, 0.2) is 10.3 Å². The molecule has 4 amide bonds. The second-order valence-corrected chi connectivity index (χ2v) is 15.8. The van der Waals surface area contributed by atoms with Gasteiger partial charge in [-0.2, -0.15) is 8.42 Å². The lowest BCUT2D eigenvalue weighted by Gasteiger charge is -2.13. The molecular formula is C36H62N8O18S-2. The summed E-state index contributed by atoms with van der Waals surface area (Å²) in [7, 11) is -4.67. The molecule has 27 heteroatoms. The normalized spacial score (nSPS) is 27.6. The molecule has 4 rings (SSSR count). The number of hydrogen-bond acceptors (Lipinski definition) is 20. The van der Waals surface area contributed by atoms with E-state index in [0.717, 1.165) is 0 Å². The van der Waals surface area contributed by atoms with E-state index in [1.165, 1.54) is 13.8 Å². The molecule has 26 nitrogen and oxygen atoms in total. The highest BCUT2D eigenvalue weighted by Gasteiger charge is 2.36. The van der Waals surface area contributed by atoms with Crippen molar-refractivity contribution in [2.75, 3.05) is 0 Å². The quantitative estimate of drug-likeness (QED) is 0.0520. The topological polar surface area (TPSA) is 457 Å². The summed E-state index contributed by atoms with van der Waals surface area (Å²) in [6.45, 7) is 20.7. The number of ketones is 4. The van der Waals surface area contributed by atoms with Crippen LogP contribution in [0.1, 0.15) is 84.5 Å². The summed E-state index contributed by atoms with van der Waals surface area (Å²) in [4.78, 5) is 105. The van der Waals surface area contributed by atoms with E-state index >= 15 is 0 Å². The number of Topliss-reactive ketones (excluding diaryl/α,β-unsaturated/α-hetero) is 4. The third-order valence-corrected chi connectivity index (χ3v) is 10.1. The first-order valence-electron chi connectivity index (χ1n) is 19.0. The van der Waals surface area contributed by atoms with Crippen molar-refractivity contribution >= 4 is 80.5 Å². The molecule has 4 aliphatic rings. The number of carbonyl (C=O) groups excluding carboxylic acids is 10. The standard InChI is InChI=1S/2C6H10N2O2.2C6H11NO3.2C6H9NO2.H2O4S.H2/c2*1-3-4(2)7-6(9)5(3)8-10;2*1-3(4(2)7)5(8)6(9)10;2*1-3-4(2)7-6(9)5(3)8;1-5(2,3)4;/h2*3-4,10H,1-2H3,(H,7,9);2*3-4H,7H2,1-2H3,(H,9,10);2*3-4H,1-2H3,(H,7,9);(H2,1,2,3,4);1H/p-2/i;;;;;;;1+1. The Balaban J connectivity index is -0.000000330. The van der Waals surface area contributed by atoms with Crippen LogP contribution in [-0.4, -0.2) is 134 Å². The number of nitrogens with zero attached hydrogens (tertiary/aromatic N) is 2. The molecule has 0 aromatic carbocycles. The highest BCUT2D eigenvalue weighted by atomic mass is 32.3. The van der Waals surface area contributed by atoms with E-state index in [-0.39, 0.29) is 84.1 Å². The molecule has 12 N–H and O–H groups in total. The van der Waals surface area contributed by atoms with Crippen LogP contribution in [0, 0.1) is 35.5 Å². The molecule has 0 aromatic rings. The van der Waals surface area contributed by atoms with Crippen LogP contribution < -0.4 is 42.9 Å². The maximum atomic E-state index is 10.8. The molecule has 63 heavy (non-hydrogen) atoms. The van der Waals surface area contributed by atoms with Crippen molar-refractivity contribution in [3.63, 3.8) is 0 Å². The summed E-state index contributed by atoms with van der Waals surface area (Å²) < 4.78 is 31.6. The van der Waals surface area contributed by atoms with Gasteiger partial charge in [0.15, 0.2) is 11.6 Å². The molecule has 0 spiro atoms. The summed E-state index contributed by atoms with van der Waals surface area (Å²) in [5, 5.41) is 52.7. The molecule has 12 atom stereocenters. The number of carbonyl (C=O) groups is 10. The van der Waals surface area contributed by atoms with Gasteiger partial charge in [0.05, 0.1) is 0 Å². The molecule has 4 heterocycles. The Morgan fingerprint density at radius 3 is 0.810 bits per heavy atom. The fourth-order valence-corrected chi connectivity index (χ4v) is 4.49. The van der Waals surface area contributed by atoms with Crippen molar-refractivity contribution < 1.29 is 87.5 Å². The highest BCUT2D eigenvalue weighted by Crippen LogP contribution is 2.14. The van der Waals surface area contributed by atoms with Gasteiger partial charge in [0.25, 0.3) is 23.6 Å². The largest absolute Gasteiger partial charge is 0.542 e. The first-order valence-corrected chi connectivity index (χ1v) is 20.4. The van der Waals surface area contributed by atoms with Gasteiger partial charge < -0.3 is 63.0 Å². The third-order valence-electron chi connectivity index (χ3n) is 10.1. The summed E-state index contributed by atoms with van der Waals surface area (Å²) in [6, 6.07) is -0.678. The molecule has 4 fully saturated rings. The van der Waals surface area contributed by atoms with E-state index in [4.69, 9.17) is 39.4 Å². The number of nitrogens with one attached hydrogen (secondary N) is 4. The zero-order valence-electron chi connectivity index (χ0n) is 36.9. The molecule has 0 aliphatic carbocycles. The van der Waals surface area contributed by atoms with Gasteiger partial charge in [0.2, 0.25) is 11.6 Å². The number of carboxylic acid groups (broad SMARTS) is 2. The summed E-state index contributed by atoms with van der Waals surface area (Å²) >= 11 is 0. The van der Waals surface area contributed by atoms with Gasteiger partial charge in [-0.1, -0.05) is 51.9 Å². The first-order chi connectivity index (χ1) is 28.5. The van der Waals surface area contributed by atoms with E-state index in [1.54, 1.807) is 27.7 Å². The van der Waals surface area contributed by atoms with Gasteiger partial charge >= 0.3 is 10.4 Å². The minimum absolute atomic E-state index is 0. The van der Waals surface area contributed by atoms with Crippen molar-refractivity contribution in [1.29, 1.82) is 0 Å². The number of amides is 4. The first kappa shape index (κ1) is 61.5. The van der Waals surface area contributed by atoms with E-state index in [9.17, 15) is 58.2 Å². The predicted molar refractivity (Wildman–Crippen MR) is 217 cm³/mol.